The number of H-pyrrole nitrogens is 1. The number of fused-ring (bicyclic) bond motifs is 1. The van der Waals surface area contributed by atoms with Crippen LogP contribution < -0.4 is 22.7 Å². The second-order valence-electron chi connectivity index (χ2n) is 4.37. The minimum absolute atomic E-state index is 0. The highest BCUT2D eigenvalue weighted by atomic mass is 35.5. The lowest BCUT2D eigenvalue weighted by molar-refractivity contribution is -0.344. The Bertz CT molecular complexity index is 793. The Labute approximate surface area is 137 Å². The molecule has 3 rings (SSSR count). The van der Waals surface area contributed by atoms with Gasteiger partial charge in [-0.15, -0.1) is 0 Å². The van der Waals surface area contributed by atoms with Crippen LogP contribution >= 0.6 is 23.2 Å². The highest BCUT2D eigenvalue weighted by Crippen LogP contribution is 2.30. The molecule has 0 radical (unpaired) electrons. The Morgan fingerprint density at radius 1 is 1.00 bits per heavy atom. The first kappa shape index (κ1) is 15.7. The van der Waals surface area contributed by atoms with Crippen LogP contribution in [0.15, 0.2) is 48.7 Å². The summed E-state index contributed by atoms with van der Waals surface area (Å²) in [5.74, 6) is 0.0650. The SMILES string of the molecule is Oc1ccc(Nc2cc[nH+]c3cc(Cl)ccc23)cc1Cl.[Cl-]. The molecule has 1 aromatic heterocycles. The van der Waals surface area contributed by atoms with Crippen molar-refractivity contribution in [3.63, 3.8) is 0 Å². The lowest BCUT2D eigenvalue weighted by Gasteiger charge is -2.08. The average molecular weight is 342 g/mol. The van der Waals surface area contributed by atoms with Crippen molar-refractivity contribution in [2.75, 3.05) is 5.32 Å². The van der Waals surface area contributed by atoms with Gasteiger partial charge >= 0.3 is 0 Å². The quantitative estimate of drug-likeness (QED) is 0.693. The van der Waals surface area contributed by atoms with E-state index >= 15 is 0 Å². The van der Waals surface area contributed by atoms with E-state index in [-0.39, 0.29) is 18.2 Å². The number of hydrogen-bond acceptors (Lipinski definition) is 2. The van der Waals surface area contributed by atoms with Crippen molar-refractivity contribution in [3.05, 3.63) is 58.7 Å². The van der Waals surface area contributed by atoms with Gasteiger partial charge in [-0.25, -0.2) is 4.98 Å². The van der Waals surface area contributed by atoms with Crippen LogP contribution in [0.4, 0.5) is 11.4 Å². The number of anilines is 2. The van der Waals surface area contributed by atoms with E-state index in [4.69, 9.17) is 23.2 Å². The number of hydrogen-bond donors (Lipinski definition) is 2. The van der Waals surface area contributed by atoms with Gasteiger partial charge in [-0.05, 0) is 30.3 Å². The third-order valence-electron chi connectivity index (χ3n) is 2.99. The molecular weight excluding hydrogens is 331 g/mol. The van der Waals surface area contributed by atoms with Gasteiger partial charge in [0.2, 0.25) is 5.52 Å². The zero-order valence-corrected chi connectivity index (χ0v) is 13.0. The van der Waals surface area contributed by atoms with Crippen molar-refractivity contribution in [3.8, 4) is 5.75 Å². The Morgan fingerprint density at radius 3 is 2.57 bits per heavy atom. The van der Waals surface area contributed by atoms with Gasteiger partial charge in [0.05, 0.1) is 16.1 Å². The maximum absolute atomic E-state index is 9.43. The molecule has 0 aliphatic heterocycles. The molecule has 0 aliphatic rings. The number of phenolic OH excluding ortho intramolecular Hbond substituents is 1. The maximum atomic E-state index is 9.43. The Morgan fingerprint density at radius 2 is 1.81 bits per heavy atom. The van der Waals surface area contributed by atoms with Gasteiger partial charge in [0, 0.05) is 22.8 Å². The first-order valence-corrected chi connectivity index (χ1v) is 6.74. The monoisotopic (exact) mass is 340 g/mol. The van der Waals surface area contributed by atoms with Crippen molar-refractivity contribution >= 4 is 45.5 Å². The van der Waals surface area contributed by atoms with Crippen LogP contribution in [0, 0.1) is 0 Å². The van der Waals surface area contributed by atoms with Gasteiger partial charge in [0.1, 0.15) is 5.75 Å². The molecule has 6 heteroatoms. The number of aromatic hydroxyl groups is 1. The Kier molecular flexibility index (Phi) is 4.78. The second-order valence-corrected chi connectivity index (χ2v) is 5.22. The summed E-state index contributed by atoms with van der Waals surface area (Å²) in [7, 11) is 0. The number of benzene rings is 2. The number of aromatic nitrogens is 1. The predicted octanol–water partition coefficient (Wildman–Crippen LogP) is 1.41. The third-order valence-corrected chi connectivity index (χ3v) is 3.53. The van der Waals surface area contributed by atoms with Crippen molar-refractivity contribution in [2.24, 2.45) is 0 Å². The molecule has 21 heavy (non-hydrogen) atoms. The summed E-state index contributed by atoms with van der Waals surface area (Å²) in [6.45, 7) is 0. The van der Waals surface area contributed by atoms with Crippen LogP contribution in [-0.2, 0) is 0 Å². The van der Waals surface area contributed by atoms with Gasteiger partial charge in [0.25, 0.3) is 0 Å². The molecule has 0 saturated heterocycles. The first-order valence-electron chi connectivity index (χ1n) is 5.99. The predicted molar refractivity (Wildman–Crippen MR) is 81.9 cm³/mol. The molecule has 3 N–H and O–H groups in total. The van der Waals surface area contributed by atoms with Crippen molar-refractivity contribution in [2.45, 2.75) is 0 Å². The van der Waals surface area contributed by atoms with E-state index in [0.29, 0.717) is 10.0 Å². The summed E-state index contributed by atoms with van der Waals surface area (Å²) in [6, 6.07) is 12.6. The van der Waals surface area contributed by atoms with Gasteiger partial charge in [-0.2, -0.15) is 0 Å². The molecule has 0 bridgehead atoms. The van der Waals surface area contributed by atoms with Crippen molar-refractivity contribution < 1.29 is 22.5 Å². The summed E-state index contributed by atoms with van der Waals surface area (Å²) in [4.78, 5) is 3.15. The van der Waals surface area contributed by atoms with Crippen LogP contribution in [-0.4, -0.2) is 5.11 Å². The summed E-state index contributed by atoms with van der Waals surface area (Å²) < 4.78 is 0. The average Bonchev–Trinajstić information content (AvgIpc) is 2.43. The van der Waals surface area contributed by atoms with Crippen molar-refractivity contribution in [1.82, 2.24) is 0 Å². The standard InChI is InChI=1S/C15H10Cl2N2O.ClH/c16-9-1-3-11-13(5-6-18-14(11)7-9)19-10-2-4-15(20)12(17)8-10;/h1-8,20H,(H,18,19);1H. The fourth-order valence-electron chi connectivity index (χ4n) is 2.02. The normalized spacial score (nSPS) is 10.2. The minimum Gasteiger partial charge on any atom is -1.00 e. The number of nitrogens with one attached hydrogen (secondary N) is 2. The van der Waals surface area contributed by atoms with E-state index in [2.05, 4.69) is 10.3 Å². The molecule has 0 spiro atoms. The van der Waals surface area contributed by atoms with Crippen LogP contribution in [0.2, 0.25) is 10.0 Å². The molecule has 0 saturated carbocycles. The zero-order valence-electron chi connectivity index (χ0n) is 10.7. The third kappa shape index (κ3) is 3.32. The first-order chi connectivity index (χ1) is 9.63. The molecule has 2 aromatic carbocycles. The van der Waals surface area contributed by atoms with Crippen molar-refractivity contribution in [1.29, 1.82) is 0 Å². The second kappa shape index (κ2) is 6.39. The number of aromatic amines is 1. The van der Waals surface area contributed by atoms with E-state index in [0.717, 1.165) is 22.3 Å². The van der Waals surface area contributed by atoms with E-state index in [1.165, 1.54) is 0 Å². The van der Waals surface area contributed by atoms with Crippen LogP contribution in [0.1, 0.15) is 0 Å². The molecule has 108 valence electrons. The number of phenols is 1. The van der Waals surface area contributed by atoms with Gasteiger partial charge < -0.3 is 22.8 Å². The minimum atomic E-state index is 0. The van der Waals surface area contributed by atoms with Crippen LogP contribution in [0.25, 0.3) is 10.9 Å². The van der Waals surface area contributed by atoms with Gasteiger partial charge in [-0.1, -0.05) is 23.2 Å². The van der Waals surface area contributed by atoms with Gasteiger partial charge in [-0.3, -0.25) is 0 Å². The summed E-state index contributed by atoms with van der Waals surface area (Å²) >= 11 is 11.9. The maximum Gasteiger partial charge on any atom is 0.214 e. The van der Waals surface area contributed by atoms with E-state index < -0.39 is 0 Å². The lowest BCUT2D eigenvalue weighted by Crippen LogP contribution is -3.00. The summed E-state index contributed by atoms with van der Waals surface area (Å²) in [6.07, 6.45) is 1.84. The molecule has 0 atom stereocenters. The van der Waals surface area contributed by atoms with Crippen LogP contribution in [0.5, 0.6) is 5.75 Å². The lowest BCUT2D eigenvalue weighted by atomic mass is 10.2. The smallest absolute Gasteiger partial charge is 0.214 e. The number of pyridine rings is 1. The molecular formula is C15H11Cl3N2O. The molecule has 0 fully saturated rings. The fraction of sp³-hybridized carbons (Fsp3) is 0. The number of rotatable bonds is 2. The zero-order chi connectivity index (χ0) is 14.1. The molecule has 1 heterocycles. The Balaban J connectivity index is 0.00000161. The van der Waals surface area contributed by atoms with E-state index in [9.17, 15) is 5.11 Å². The summed E-state index contributed by atoms with van der Waals surface area (Å²) in [5, 5.41) is 14.7. The molecule has 0 aliphatic carbocycles. The molecule has 3 aromatic rings. The molecule has 0 amide bonds. The fourth-order valence-corrected chi connectivity index (χ4v) is 2.38. The largest absolute Gasteiger partial charge is 1.00 e. The van der Waals surface area contributed by atoms with E-state index in [1.807, 2.05) is 30.5 Å². The number of halogens is 3. The molecule has 0 unspecified atom stereocenters. The Hall–Kier alpha value is -1.68. The van der Waals surface area contributed by atoms with E-state index in [1.54, 1.807) is 18.2 Å². The van der Waals surface area contributed by atoms with Crippen LogP contribution in [0.3, 0.4) is 0 Å². The molecule has 3 nitrogen and oxygen atoms in total. The van der Waals surface area contributed by atoms with Gasteiger partial charge in [0.15, 0.2) is 6.20 Å². The topological polar surface area (TPSA) is 46.4 Å². The highest BCUT2D eigenvalue weighted by molar-refractivity contribution is 6.32. The summed E-state index contributed by atoms with van der Waals surface area (Å²) in [5.41, 5.74) is 2.67. The highest BCUT2D eigenvalue weighted by Gasteiger charge is 2.08.